The zero-order chi connectivity index (χ0) is 10.6. The van der Waals surface area contributed by atoms with Crippen LogP contribution in [0.25, 0.3) is 0 Å². The molecule has 0 heterocycles. The number of primary amides is 1. The molecule has 14 heavy (non-hydrogen) atoms. The van der Waals surface area contributed by atoms with Gasteiger partial charge in [-0.15, -0.1) is 0 Å². The molecule has 0 spiro atoms. The van der Waals surface area contributed by atoms with E-state index in [2.05, 4.69) is 5.32 Å². The summed E-state index contributed by atoms with van der Waals surface area (Å²) in [6, 6.07) is 6.79. The molecule has 4 nitrogen and oxygen atoms in total. The Labute approximate surface area is 82.7 Å². The largest absolute Gasteiger partial charge is 0.394 e. The lowest BCUT2D eigenvalue weighted by Crippen LogP contribution is -2.38. The van der Waals surface area contributed by atoms with Crippen LogP contribution >= 0.6 is 0 Å². The number of aliphatic hydroxyl groups excluding tert-OH is 1. The summed E-state index contributed by atoms with van der Waals surface area (Å²) in [5.41, 5.74) is 6.93. The lowest BCUT2D eigenvalue weighted by atomic mass is 10.2. The van der Waals surface area contributed by atoms with Gasteiger partial charge in [0.15, 0.2) is 0 Å². The summed E-state index contributed by atoms with van der Waals surface area (Å²) in [4.78, 5) is 10.8. The maximum absolute atomic E-state index is 10.8. The molecule has 1 aromatic rings. The van der Waals surface area contributed by atoms with E-state index in [1.54, 1.807) is 0 Å². The summed E-state index contributed by atoms with van der Waals surface area (Å²) in [6.45, 7) is 1.65. The van der Waals surface area contributed by atoms with E-state index in [-0.39, 0.29) is 6.61 Å². The van der Waals surface area contributed by atoms with Gasteiger partial charge >= 0.3 is 0 Å². The molecule has 0 saturated heterocycles. The molecule has 4 N–H and O–H groups in total. The lowest BCUT2D eigenvalue weighted by Gasteiger charge is -2.14. The minimum atomic E-state index is -0.725. The summed E-state index contributed by atoms with van der Waals surface area (Å²) in [6.07, 6.45) is 0. The van der Waals surface area contributed by atoms with Crippen molar-refractivity contribution in [3.63, 3.8) is 0 Å². The molecule has 0 saturated carbocycles. The molecule has 0 aliphatic rings. The highest BCUT2D eigenvalue weighted by Gasteiger charge is 2.12. The van der Waals surface area contributed by atoms with Crippen molar-refractivity contribution >= 4 is 11.6 Å². The van der Waals surface area contributed by atoms with Gasteiger partial charge in [-0.05, 0) is 24.6 Å². The van der Waals surface area contributed by atoms with Crippen molar-refractivity contribution in [2.24, 2.45) is 5.73 Å². The number of aryl methyl sites for hydroxylation is 1. The number of hydrogen-bond acceptors (Lipinski definition) is 3. The van der Waals surface area contributed by atoms with Crippen LogP contribution in [0.1, 0.15) is 5.56 Å². The van der Waals surface area contributed by atoms with Crippen LogP contribution < -0.4 is 11.1 Å². The second-order valence-electron chi connectivity index (χ2n) is 3.15. The summed E-state index contributed by atoms with van der Waals surface area (Å²) >= 11 is 0. The normalized spacial score (nSPS) is 12.1. The number of carbonyl (C=O) groups excluding carboxylic acids is 1. The highest BCUT2D eigenvalue weighted by atomic mass is 16.3. The quantitative estimate of drug-likeness (QED) is 0.643. The van der Waals surface area contributed by atoms with Crippen LogP contribution in [-0.4, -0.2) is 23.7 Å². The van der Waals surface area contributed by atoms with Gasteiger partial charge in [-0.3, -0.25) is 4.79 Å². The number of nitrogens with two attached hydrogens (primary N) is 1. The fraction of sp³-hybridized carbons (Fsp3) is 0.300. The van der Waals surface area contributed by atoms with Crippen molar-refractivity contribution in [3.05, 3.63) is 29.8 Å². The predicted molar refractivity (Wildman–Crippen MR) is 54.9 cm³/mol. The monoisotopic (exact) mass is 194 g/mol. The third kappa shape index (κ3) is 2.74. The van der Waals surface area contributed by atoms with Crippen LogP contribution in [0.2, 0.25) is 0 Å². The molecule has 0 aliphatic heterocycles. The molecular formula is C10H14N2O2. The minimum Gasteiger partial charge on any atom is -0.394 e. The highest BCUT2D eigenvalue weighted by Crippen LogP contribution is 2.10. The molecule has 4 heteroatoms. The molecule has 0 aliphatic carbocycles. The number of hydrogen-bond donors (Lipinski definition) is 3. The third-order valence-electron chi connectivity index (χ3n) is 1.88. The first-order valence-corrected chi connectivity index (χ1v) is 4.37. The number of nitrogens with one attached hydrogen (secondary N) is 1. The van der Waals surface area contributed by atoms with E-state index in [1.807, 2.05) is 31.2 Å². The summed E-state index contributed by atoms with van der Waals surface area (Å²) < 4.78 is 0. The van der Waals surface area contributed by atoms with E-state index in [9.17, 15) is 4.79 Å². The van der Waals surface area contributed by atoms with Gasteiger partial charge < -0.3 is 16.2 Å². The molecule has 0 bridgehead atoms. The molecule has 1 amide bonds. The molecule has 0 radical (unpaired) electrons. The Morgan fingerprint density at radius 2 is 2.36 bits per heavy atom. The third-order valence-corrected chi connectivity index (χ3v) is 1.88. The summed E-state index contributed by atoms with van der Waals surface area (Å²) in [7, 11) is 0. The Morgan fingerprint density at radius 3 is 2.86 bits per heavy atom. The number of benzene rings is 1. The van der Waals surface area contributed by atoms with Crippen molar-refractivity contribution in [2.45, 2.75) is 13.0 Å². The van der Waals surface area contributed by atoms with E-state index in [0.717, 1.165) is 11.3 Å². The summed E-state index contributed by atoms with van der Waals surface area (Å²) in [5.74, 6) is -0.561. The number of carbonyl (C=O) groups is 1. The lowest BCUT2D eigenvalue weighted by molar-refractivity contribution is -0.119. The van der Waals surface area contributed by atoms with Crippen LogP contribution in [0.15, 0.2) is 24.3 Å². The van der Waals surface area contributed by atoms with Gasteiger partial charge in [-0.2, -0.15) is 0 Å². The average Bonchev–Trinajstić information content (AvgIpc) is 2.14. The molecule has 1 atom stereocenters. The van der Waals surface area contributed by atoms with E-state index >= 15 is 0 Å². The van der Waals surface area contributed by atoms with Crippen molar-refractivity contribution < 1.29 is 9.90 Å². The van der Waals surface area contributed by atoms with Gasteiger partial charge in [0.05, 0.1) is 6.61 Å². The smallest absolute Gasteiger partial charge is 0.242 e. The van der Waals surface area contributed by atoms with E-state index in [1.165, 1.54) is 0 Å². The zero-order valence-electron chi connectivity index (χ0n) is 8.03. The maximum atomic E-state index is 10.8. The molecule has 0 aromatic heterocycles. The highest BCUT2D eigenvalue weighted by molar-refractivity contribution is 5.83. The number of amides is 1. The van der Waals surface area contributed by atoms with Gasteiger partial charge in [-0.1, -0.05) is 12.1 Å². The fourth-order valence-electron chi connectivity index (χ4n) is 1.14. The first-order chi connectivity index (χ1) is 6.63. The first-order valence-electron chi connectivity index (χ1n) is 4.37. The van der Waals surface area contributed by atoms with Gasteiger partial charge in [-0.25, -0.2) is 0 Å². The number of aliphatic hydroxyl groups is 1. The average molecular weight is 194 g/mol. The fourth-order valence-corrected chi connectivity index (χ4v) is 1.14. The zero-order valence-corrected chi connectivity index (χ0v) is 8.03. The molecule has 1 aromatic carbocycles. The maximum Gasteiger partial charge on any atom is 0.242 e. The Bertz CT molecular complexity index is 326. The van der Waals surface area contributed by atoms with Crippen LogP contribution in [0.3, 0.4) is 0 Å². The topological polar surface area (TPSA) is 75.3 Å². The Hall–Kier alpha value is -1.55. The van der Waals surface area contributed by atoms with E-state index in [0.29, 0.717) is 0 Å². The molecular weight excluding hydrogens is 180 g/mol. The van der Waals surface area contributed by atoms with E-state index in [4.69, 9.17) is 10.8 Å². The Morgan fingerprint density at radius 1 is 1.64 bits per heavy atom. The van der Waals surface area contributed by atoms with Gasteiger partial charge in [0.1, 0.15) is 6.04 Å². The molecule has 1 rings (SSSR count). The van der Waals surface area contributed by atoms with Gasteiger partial charge in [0.25, 0.3) is 0 Å². The second-order valence-corrected chi connectivity index (χ2v) is 3.15. The van der Waals surface area contributed by atoms with Gasteiger partial charge in [0, 0.05) is 5.69 Å². The van der Waals surface area contributed by atoms with Crippen LogP contribution in [0.5, 0.6) is 0 Å². The number of rotatable bonds is 4. The first kappa shape index (κ1) is 10.5. The van der Waals surface area contributed by atoms with Gasteiger partial charge in [0.2, 0.25) is 5.91 Å². The molecule has 76 valence electrons. The van der Waals surface area contributed by atoms with Crippen molar-refractivity contribution in [1.29, 1.82) is 0 Å². The molecule has 0 fully saturated rings. The van der Waals surface area contributed by atoms with Crippen LogP contribution in [0.4, 0.5) is 5.69 Å². The second kappa shape index (κ2) is 4.62. The standard InChI is InChI=1S/C10H14N2O2/c1-7-3-2-4-8(5-7)12-9(6-13)10(11)14/h2-5,9,12-13H,6H2,1H3,(H2,11,14). The Kier molecular flexibility index (Phi) is 3.48. The van der Waals surface area contributed by atoms with Crippen molar-refractivity contribution in [3.8, 4) is 0 Å². The summed E-state index contributed by atoms with van der Waals surface area (Å²) in [5, 5.41) is 11.7. The molecule has 1 unspecified atom stereocenters. The SMILES string of the molecule is Cc1cccc(NC(CO)C(N)=O)c1. The minimum absolute atomic E-state index is 0.302. The van der Waals surface area contributed by atoms with E-state index < -0.39 is 11.9 Å². The van der Waals surface area contributed by atoms with Crippen molar-refractivity contribution in [1.82, 2.24) is 0 Å². The van der Waals surface area contributed by atoms with Crippen LogP contribution in [0, 0.1) is 6.92 Å². The number of anilines is 1. The van der Waals surface area contributed by atoms with Crippen molar-refractivity contribution in [2.75, 3.05) is 11.9 Å². The van der Waals surface area contributed by atoms with Crippen LogP contribution in [-0.2, 0) is 4.79 Å². The Balaban J connectivity index is 2.72. The predicted octanol–water partition coefficient (Wildman–Crippen LogP) is 0.253.